The van der Waals surface area contributed by atoms with Crippen LogP contribution in [0.3, 0.4) is 0 Å². The third-order valence-corrected chi connectivity index (χ3v) is 2.69. The molecule has 0 radical (unpaired) electrons. The van der Waals surface area contributed by atoms with E-state index in [1.807, 2.05) is 12.1 Å². The van der Waals surface area contributed by atoms with Crippen molar-refractivity contribution in [2.24, 2.45) is 0 Å². The molecule has 0 amide bonds. The van der Waals surface area contributed by atoms with E-state index >= 15 is 0 Å². The molecule has 0 spiro atoms. The maximum absolute atomic E-state index is 12.8. The minimum Gasteiger partial charge on any atom is -0.459 e. The first kappa shape index (κ1) is 11.9. The van der Waals surface area contributed by atoms with Gasteiger partial charge in [-0.05, 0) is 49.9 Å². The van der Waals surface area contributed by atoms with E-state index in [1.165, 1.54) is 12.1 Å². The van der Waals surface area contributed by atoms with Crippen LogP contribution in [-0.2, 0) is 0 Å². The Morgan fingerprint density at radius 1 is 1.18 bits per heavy atom. The van der Waals surface area contributed by atoms with Gasteiger partial charge in [-0.2, -0.15) is 0 Å². The van der Waals surface area contributed by atoms with Crippen LogP contribution in [0.2, 0.25) is 0 Å². The summed E-state index contributed by atoms with van der Waals surface area (Å²) >= 11 is 0. The van der Waals surface area contributed by atoms with Gasteiger partial charge in [0.05, 0.1) is 6.04 Å². The van der Waals surface area contributed by atoms with Crippen LogP contribution in [0.1, 0.15) is 25.6 Å². The van der Waals surface area contributed by atoms with Crippen LogP contribution in [0.25, 0.3) is 11.3 Å². The molecule has 2 rings (SSSR count). The zero-order valence-corrected chi connectivity index (χ0v) is 10.0. The van der Waals surface area contributed by atoms with Crippen molar-refractivity contribution in [3.63, 3.8) is 0 Å². The van der Waals surface area contributed by atoms with Gasteiger partial charge in [-0.3, -0.25) is 0 Å². The maximum Gasteiger partial charge on any atom is 0.134 e. The molecule has 0 fully saturated rings. The van der Waals surface area contributed by atoms with Gasteiger partial charge in [0.2, 0.25) is 0 Å². The smallest absolute Gasteiger partial charge is 0.134 e. The lowest BCUT2D eigenvalue weighted by molar-refractivity contribution is 0.445. The monoisotopic (exact) mass is 233 g/mol. The van der Waals surface area contributed by atoms with Crippen LogP contribution < -0.4 is 5.32 Å². The molecule has 0 saturated carbocycles. The fourth-order valence-corrected chi connectivity index (χ4v) is 1.76. The second kappa shape index (κ2) is 5.15. The molecule has 1 aromatic heterocycles. The number of hydrogen-bond donors (Lipinski definition) is 1. The van der Waals surface area contributed by atoms with E-state index in [0.29, 0.717) is 0 Å². The summed E-state index contributed by atoms with van der Waals surface area (Å²) in [6, 6.07) is 10.4. The first-order valence-corrected chi connectivity index (χ1v) is 5.79. The van der Waals surface area contributed by atoms with E-state index in [0.717, 1.165) is 23.6 Å². The van der Waals surface area contributed by atoms with E-state index in [-0.39, 0.29) is 11.9 Å². The molecule has 90 valence electrons. The molecule has 3 heteroatoms. The quantitative estimate of drug-likeness (QED) is 0.869. The summed E-state index contributed by atoms with van der Waals surface area (Å²) in [6.07, 6.45) is 0. The van der Waals surface area contributed by atoms with Crippen molar-refractivity contribution in [1.82, 2.24) is 5.32 Å². The van der Waals surface area contributed by atoms with Gasteiger partial charge in [0, 0.05) is 5.56 Å². The number of benzene rings is 1. The van der Waals surface area contributed by atoms with Gasteiger partial charge < -0.3 is 9.73 Å². The van der Waals surface area contributed by atoms with Crippen molar-refractivity contribution in [2.45, 2.75) is 19.9 Å². The van der Waals surface area contributed by atoms with Gasteiger partial charge >= 0.3 is 0 Å². The van der Waals surface area contributed by atoms with Crippen LogP contribution >= 0.6 is 0 Å². The number of rotatable bonds is 4. The molecule has 2 aromatic rings. The summed E-state index contributed by atoms with van der Waals surface area (Å²) < 4.78 is 18.5. The highest BCUT2D eigenvalue weighted by Crippen LogP contribution is 2.25. The lowest BCUT2D eigenvalue weighted by Gasteiger charge is -2.08. The van der Waals surface area contributed by atoms with Crippen molar-refractivity contribution >= 4 is 0 Å². The Hall–Kier alpha value is -1.61. The Kier molecular flexibility index (Phi) is 3.59. The standard InChI is InChI=1S/C14H16FNO/c1-3-16-10(2)13-8-9-14(17-13)11-4-6-12(15)7-5-11/h4-10,16H,3H2,1-2H3. The highest BCUT2D eigenvalue weighted by molar-refractivity contribution is 5.57. The predicted molar refractivity (Wildman–Crippen MR) is 66.2 cm³/mol. The van der Waals surface area contributed by atoms with E-state index in [4.69, 9.17) is 4.42 Å². The van der Waals surface area contributed by atoms with E-state index in [1.54, 1.807) is 12.1 Å². The average Bonchev–Trinajstić information content (AvgIpc) is 2.80. The van der Waals surface area contributed by atoms with E-state index in [2.05, 4.69) is 19.2 Å². The Balaban J connectivity index is 2.20. The molecule has 0 aliphatic carbocycles. The Bertz CT molecular complexity index is 475. The second-order valence-electron chi connectivity index (χ2n) is 3.99. The first-order chi connectivity index (χ1) is 8.20. The summed E-state index contributed by atoms with van der Waals surface area (Å²) in [4.78, 5) is 0. The van der Waals surface area contributed by atoms with Crippen molar-refractivity contribution in [3.05, 3.63) is 48.0 Å². The Morgan fingerprint density at radius 2 is 1.88 bits per heavy atom. The van der Waals surface area contributed by atoms with Crippen LogP contribution in [0.15, 0.2) is 40.8 Å². The number of furan rings is 1. The summed E-state index contributed by atoms with van der Waals surface area (Å²) in [5.74, 6) is 1.43. The summed E-state index contributed by atoms with van der Waals surface area (Å²) in [7, 11) is 0. The van der Waals surface area contributed by atoms with Crippen LogP contribution in [0.4, 0.5) is 4.39 Å². The third kappa shape index (κ3) is 2.74. The molecule has 0 aliphatic heterocycles. The molecule has 1 aromatic carbocycles. The number of halogens is 1. The van der Waals surface area contributed by atoms with Crippen LogP contribution in [0, 0.1) is 5.82 Å². The molecule has 0 aliphatic rings. The van der Waals surface area contributed by atoms with Gasteiger partial charge in [0.25, 0.3) is 0 Å². The second-order valence-corrected chi connectivity index (χ2v) is 3.99. The maximum atomic E-state index is 12.8. The van der Waals surface area contributed by atoms with Gasteiger partial charge in [-0.25, -0.2) is 4.39 Å². The number of nitrogens with one attached hydrogen (secondary N) is 1. The van der Waals surface area contributed by atoms with Gasteiger partial charge in [-0.1, -0.05) is 6.92 Å². The third-order valence-electron chi connectivity index (χ3n) is 2.69. The molecule has 1 atom stereocenters. The van der Waals surface area contributed by atoms with E-state index in [9.17, 15) is 4.39 Å². The normalized spacial score (nSPS) is 12.6. The molecule has 0 saturated heterocycles. The highest BCUT2D eigenvalue weighted by atomic mass is 19.1. The zero-order valence-electron chi connectivity index (χ0n) is 10.0. The predicted octanol–water partition coefficient (Wildman–Crippen LogP) is 3.76. The van der Waals surface area contributed by atoms with Gasteiger partial charge in [-0.15, -0.1) is 0 Å². The SMILES string of the molecule is CCNC(C)c1ccc(-c2ccc(F)cc2)o1. The lowest BCUT2D eigenvalue weighted by atomic mass is 10.2. The van der Waals surface area contributed by atoms with Crippen molar-refractivity contribution < 1.29 is 8.81 Å². The van der Waals surface area contributed by atoms with Crippen LogP contribution in [-0.4, -0.2) is 6.54 Å². The zero-order chi connectivity index (χ0) is 12.3. The summed E-state index contributed by atoms with van der Waals surface area (Å²) in [6.45, 7) is 5.00. The molecule has 2 nitrogen and oxygen atoms in total. The molecule has 1 unspecified atom stereocenters. The topological polar surface area (TPSA) is 25.2 Å². The fraction of sp³-hybridized carbons (Fsp3) is 0.286. The molecule has 1 N–H and O–H groups in total. The molecular weight excluding hydrogens is 217 g/mol. The highest BCUT2D eigenvalue weighted by Gasteiger charge is 2.10. The van der Waals surface area contributed by atoms with Gasteiger partial charge in [0.1, 0.15) is 17.3 Å². The number of hydrogen-bond acceptors (Lipinski definition) is 2. The molecule has 0 bridgehead atoms. The Labute approximate surface area is 100 Å². The largest absolute Gasteiger partial charge is 0.459 e. The Morgan fingerprint density at radius 3 is 2.53 bits per heavy atom. The lowest BCUT2D eigenvalue weighted by Crippen LogP contribution is -2.16. The van der Waals surface area contributed by atoms with Crippen molar-refractivity contribution in [3.8, 4) is 11.3 Å². The first-order valence-electron chi connectivity index (χ1n) is 5.79. The van der Waals surface area contributed by atoms with E-state index < -0.39 is 0 Å². The minimum absolute atomic E-state index is 0.189. The molecular formula is C14H16FNO. The molecule has 17 heavy (non-hydrogen) atoms. The average molecular weight is 233 g/mol. The van der Waals surface area contributed by atoms with Crippen LogP contribution in [0.5, 0.6) is 0 Å². The van der Waals surface area contributed by atoms with Crippen molar-refractivity contribution in [2.75, 3.05) is 6.54 Å². The molecule has 1 heterocycles. The van der Waals surface area contributed by atoms with Gasteiger partial charge in [0.15, 0.2) is 0 Å². The van der Waals surface area contributed by atoms with Crippen molar-refractivity contribution in [1.29, 1.82) is 0 Å². The minimum atomic E-state index is -0.235. The summed E-state index contributed by atoms with van der Waals surface area (Å²) in [5.41, 5.74) is 0.890. The fourth-order valence-electron chi connectivity index (χ4n) is 1.76. The summed E-state index contributed by atoms with van der Waals surface area (Å²) in [5, 5.41) is 3.28.